The van der Waals surface area contributed by atoms with Gasteiger partial charge in [-0.05, 0) is 12.1 Å². The Hall–Kier alpha value is -2.09. The Balaban J connectivity index is 2.10. The van der Waals surface area contributed by atoms with Crippen LogP contribution in [0.3, 0.4) is 0 Å². The van der Waals surface area contributed by atoms with E-state index >= 15 is 0 Å². The normalized spacial score (nSPS) is 12.0. The maximum Gasteiger partial charge on any atom is 0.163 e. The van der Waals surface area contributed by atoms with E-state index in [1.54, 1.807) is 12.3 Å². The second-order valence-corrected chi connectivity index (χ2v) is 3.85. The smallest absolute Gasteiger partial charge is 0.163 e. The minimum atomic E-state index is -0.0577. The first-order chi connectivity index (χ1) is 8.31. The maximum atomic E-state index is 12.0. The predicted octanol–water partition coefficient (Wildman–Crippen LogP) is 3.82. The molecule has 0 spiro atoms. The first-order valence-corrected chi connectivity index (χ1v) is 5.55. The molecular weight excluding hydrogens is 212 g/mol. The summed E-state index contributed by atoms with van der Waals surface area (Å²) in [5.41, 5.74) is 0.728. The zero-order valence-electron chi connectivity index (χ0n) is 9.50. The third-order valence-corrected chi connectivity index (χ3v) is 2.69. The van der Waals surface area contributed by atoms with Gasteiger partial charge in [0.25, 0.3) is 0 Å². The largest absolute Gasteiger partial charge is 0.469 e. The van der Waals surface area contributed by atoms with Gasteiger partial charge in [-0.2, -0.15) is 0 Å². The van der Waals surface area contributed by atoms with Crippen LogP contribution in [0.4, 0.5) is 0 Å². The molecule has 0 N–H and O–H groups in total. The third-order valence-electron chi connectivity index (χ3n) is 2.69. The van der Waals surface area contributed by atoms with E-state index in [0.717, 1.165) is 11.3 Å². The Kier molecular flexibility index (Phi) is 3.55. The number of benzene rings is 1. The highest BCUT2D eigenvalue weighted by Crippen LogP contribution is 2.23. The van der Waals surface area contributed by atoms with Gasteiger partial charge in [0.15, 0.2) is 5.78 Å². The van der Waals surface area contributed by atoms with E-state index in [1.807, 2.05) is 42.5 Å². The van der Waals surface area contributed by atoms with E-state index in [4.69, 9.17) is 4.42 Å². The molecule has 0 amide bonds. The van der Waals surface area contributed by atoms with Crippen molar-refractivity contribution in [3.05, 3.63) is 72.7 Å². The lowest BCUT2D eigenvalue weighted by Crippen LogP contribution is -2.05. The van der Waals surface area contributed by atoms with Crippen LogP contribution in [0.5, 0.6) is 0 Å². The molecule has 0 unspecified atom stereocenters. The van der Waals surface area contributed by atoms with Gasteiger partial charge < -0.3 is 4.42 Å². The van der Waals surface area contributed by atoms with E-state index in [2.05, 4.69) is 6.58 Å². The monoisotopic (exact) mass is 226 g/mol. The molecule has 2 aromatic rings. The molecule has 0 radical (unpaired) electrons. The summed E-state index contributed by atoms with van der Waals surface area (Å²) in [6.45, 7) is 3.75. The number of rotatable bonds is 5. The second kappa shape index (κ2) is 5.30. The number of hydrogen-bond donors (Lipinski definition) is 0. The summed E-state index contributed by atoms with van der Waals surface area (Å²) >= 11 is 0. The van der Waals surface area contributed by atoms with Gasteiger partial charge in [0, 0.05) is 17.9 Å². The number of ketones is 1. The van der Waals surface area contributed by atoms with Crippen molar-refractivity contribution in [2.75, 3.05) is 0 Å². The molecule has 1 aromatic heterocycles. The molecule has 1 aromatic carbocycles. The zero-order chi connectivity index (χ0) is 12.1. The number of allylic oxidation sites excluding steroid dienone is 1. The SMILES string of the molecule is C=C[C@@H](CC(=O)c1ccccc1)c1ccco1. The van der Waals surface area contributed by atoms with Crippen LogP contribution >= 0.6 is 0 Å². The van der Waals surface area contributed by atoms with E-state index in [0.29, 0.717) is 6.42 Å². The van der Waals surface area contributed by atoms with Crippen LogP contribution in [0.15, 0.2) is 65.8 Å². The van der Waals surface area contributed by atoms with Gasteiger partial charge in [0.05, 0.1) is 6.26 Å². The summed E-state index contributed by atoms with van der Waals surface area (Å²) in [4.78, 5) is 12.0. The van der Waals surface area contributed by atoms with Gasteiger partial charge in [-0.25, -0.2) is 0 Å². The first-order valence-electron chi connectivity index (χ1n) is 5.55. The van der Waals surface area contributed by atoms with E-state index in [1.165, 1.54) is 0 Å². The highest BCUT2D eigenvalue weighted by molar-refractivity contribution is 5.96. The highest BCUT2D eigenvalue weighted by atomic mass is 16.3. The predicted molar refractivity (Wildman–Crippen MR) is 67.0 cm³/mol. The molecule has 2 heteroatoms. The Morgan fingerprint density at radius 2 is 2.00 bits per heavy atom. The van der Waals surface area contributed by atoms with Crippen LogP contribution in [-0.4, -0.2) is 5.78 Å². The van der Waals surface area contributed by atoms with Crippen molar-refractivity contribution < 1.29 is 9.21 Å². The topological polar surface area (TPSA) is 30.2 Å². The molecule has 0 fully saturated rings. The molecule has 0 saturated carbocycles. The van der Waals surface area contributed by atoms with Crippen LogP contribution in [0.1, 0.15) is 28.5 Å². The Bertz CT molecular complexity index is 483. The van der Waals surface area contributed by atoms with Gasteiger partial charge in [-0.3, -0.25) is 4.79 Å². The summed E-state index contributed by atoms with van der Waals surface area (Å²) in [5.74, 6) is 0.828. The summed E-state index contributed by atoms with van der Waals surface area (Å²) in [6.07, 6.45) is 3.75. The molecule has 2 nitrogen and oxygen atoms in total. The Morgan fingerprint density at radius 3 is 2.59 bits per heavy atom. The van der Waals surface area contributed by atoms with Gasteiger partial charge in [0.1, 0.15) is 5.76 Å². The number of carbonyl (C=O) groups is 1. The minimum Gasteiger partial charge on any atom is -0.469 e. The standard InChI is InChI=1S/C15H14O2/c1-2-12(15-9-6-10-17-15)11-14(16)13-7-4-3-5-8-13/h2-10,12H,1,11H2/t12-/m0/s1. The van der Waals surface area contributed by atoms with Crippen LogP contribution in [-0.2, 0) is 0 Å². The zero-order valence-corrected chi connectivity index (χ0v) is 9.50. The highest BCUT2D eigenvalue weighted by Gasteiger charge is 2.16. The number of furan rings is 1. The number of carbonyl (C=O) groups excluding carboxylic acids is 1. The molecule has 86 valence electrons. The van der Waals surface area contributed by atoms with Gasteiger partial charge in [-0.15, -0.1) is 6.58 Å². The lowest BCUT2D eigenvalue weighted by molar-refractivity contribution is 0.0976. The number of Topliss-reactive ketones (excluding diaryl/α,β-unsaturated/α-hetero) is 1. The van der Waals surface area contributed by atoms with Gasteiger partial charge in [0.2, 0.25) is 0 Å². The van der Waals surface area contributed by atoms with Gasteiger partial charge in [-0.1, -0.05) is 36.4 Å². The third kappa shape index (κ3) is 2.72. The fraction of sp³-hybridized carbons (Fsp3) is 0.133. The molecule has 0 saturated heterocycles. The molecular formula is C15H14O2. The molecule has 1 atom stereocenters. The fourth-order valence-electron chi connectivity index (χ4n) is 1.74. The fourth-order valence-corrected chi connectivity index (χ4v) is 1.74. The quantitative estimate of drug-likeness (QED) is 0.573. The maximum absolute atomic E-state index is 12.0. The van der Waals surface area contributed by atoms with Crippen molar-refractivity contribution in [2.24, 2.45) is 0 Å². The minimum absolute atomic E-state index is 0.0577. The Morgan fingerprint density at radius 1 is 1.24 bits per heavy atom. The average molecular weight is 226 g/mol. The van der Waals surface area contributed by atoms with E-state index in [9.17, 15) is 4.79 Å². The molecule has 0 aliphatic carbocycles. The van der Waals surface area contributed by atoms with Crippen molar-refractivity contribution in [2.45, 2.75) is 12.3 Å². The van der Waals surface area contributed by atoms with Gasteiger partial charge >= 0.3 is 0 Å². The summed E-state index contributed by atoms with van der Waals surface area (Å²) in [6, 6.07) is 13.0. The molecule has 1 heterocycles. The van der Waals surface area contributed by atoms with Crippen molar-refractivity contribution in [1.82, 2.24) is 0 Å². The van der Waals surface area contributed by atoms with Crippen molar-refractivity contribution in [3.8, 4) is 0 Å². The van der Waals surface area contributed by atoms with Crippen LogP contribution < -0.4 is 0 Å². The molecule has 0 aliphatic heterocycles. The van der Waals surface area contributed by atoms with Crippen LogP contribution in [0.25, 0.3) is 0 Å². The van der Waals surface area contributed by atoms with Crippen molar-refractivity contribution in [1.29, 1.82) is 0 Å². The first kappa shape index (κ1) is 11.4. The number of hydrogen-bond acceptors (Lipinski definition) is 2. The molecule has 2 rings (SSSR count). The van der Waals surface area contributed by atoms with Crippen LogP contribution in [0.2, 0.25) is 0 Å². The molecule has 0 aliphatic rings. The van der Waals surface area contributed by atoms with Crippen LogP contribution in [0, 0.1) is 0 Å². The summed E-state index contributed by atoms with van der Waals surface area (Å²) in [5, 5.41) is 0. The second-order valence-electron chi connectivity index (χ2n) is 3.85. The van der Waals surface area contributed by atoms with E-state index in [-0.39, 0.29) is 11.7 Å². The molecule has 17 heavy (non-hydrogen) atoms. The lowest BCUT2D eigenvalue weighted by atomic mass is 9.96. The van der Waals surface area contributed by atoms with Crippen molar-refractivity contribution in [3.63, 3.8) is 0 Å². The molecule has 0 bridgehead atoms. The lowest BCUT2D eigenvalue weighted by Gasteiger charge is -2.08. The van der Waals surface area contributed by atoms with E-state index < -0.39 is 0 Å². The Labute approximate surface area is 101 Å². The average Bonchev–Trinajstić information content (AvgIpc) is 2.90. The summed E-state index contributed by atoms with van der Waals surface area (Å²) < 4.78 is 5.30. The summed E-state index contributed by atoms with van der Waals surface area (Å²) in [7, 11) is 0. The van der Waals surface area contributed by atoms with Crippen molar-refractivity contribution >= 4 is 5.78 Å².